The van der Waals surface area contributed by atoms with Crippen molar-refractivity contribution in [2.24, 2.45) is 22.2 Å². The number of carbonyl (C=O) groups is 1. The molecule has 0 aliphatic heterocycles. The van der Waals surface area contributed by atoms with Crippen LogP contribution in [0, 0.1) is 0 Å². The Labute approximate surface area is 112 Å². The molecule has 0 fully saturated rings. The van der Waals surface area contributed by atoms with Gasteiger partial charge in [-0.05, 0) is 38.5 Å². The van der Waals surface area contributed by atoms with Crippen LogP contribution in [0.5, 0.6) is 0 Å². The van der Waals surface area contributed by atoms with E-state index in [1.807, 2.05) is 0 Å². The summed E-state index contributed by atoms with van der Waals surface area (Å²) in [6.45, 7) is 5.37. The average Bonchev–Trinajstić information content (AvgIpc) is 2.26. The number of ether oxygens (including phenoxy) is 1. The Hall–Kier alpha value is -2.08. The molecule has 6 nitrogen and oxygen atoms in total. The number of rotatable bonds is 3. The van der Waals surface area contributed by atoms with Gasteiger partial charge in [0.05, 0.1) is 5.69 Å². The third kappa shape index (κ3) is 4.97. The van der Waals surface area contributed by atoms with E-state index in [9.17, 15) is 4.79 Å². The molecule has 0 aliphatic rings. The number of carbonyl (C=O) groups excluding carboxylic acids is 1. The third-order valence-corrected chi connectivity index (χ3v) is 2.17. The Morgan fingerprint density at radius 2 is 1.74 bits per heavy atom. The van der Waals surface area contributed by atoms with Gasteiger partial charge in [-0.25, -0.2) is 9.79 Å². The van der Waals surface area contributed by atoms with Gasteiger partial charge in [0.15, 0.2) is 5.96 Å². The van der Waals surface area contributed by atoms with Gasteiger partial charge in [0, 0.05) is 0 Å². The van der Waals surface area contributed by atoms with Crippen LogP contribution in [0.3, 0.4) is 0 Å². The van der Waals surface area contributed by atoms with Crippen molar-refractivity contribution in [3.63, 3.8) is 0 Å². The molecule has 0 saturated carbocycles. The molecule has 6 N–H and O–H groups in total. The molecule has 1 atom stereocenters. The predicted octanol–water partition coefficient (Wildman–Crippen LogP) is 0.933. The average molecular weight is 264 g/mol. The lowest BCUT2D eigenvalue weighted by atomic mass is 10.1. The van der Waals surface area contributed by atoms with E-state index in [4.69, 9.17) is 21.9 Å². The smallest absolute Gasteiger partial charge is 0.328 e. The van der Waals surface area contributed by atoms with Crippen molar-refractivity contribution < 1.29 is 9.53 Å². The monoisotopic (exact) mass is 264 g/mol. The van der Waals surface area contributed by atoms with Crippen LogP contribution >= 0.6 is 0 Å². The SMILES string of the molecule is CC(C)(C)OC(=O)C(N)c1ccc(N=C(N)N)cc1. The first kappa shape index (κ1) is 15.0. The summed E-state index contributed by atoms with van der Waals surface area (Å²) in [6.07, 6.45) is 0. The summed E-state index contributed by atoms with van der Waals surface area (Å²) < 4.78 is 5.22. The minimum Gasteiger partial charge on any atom is -0.459 e. The molecule has 0 bridgehead atoms. The van der Waals surface area contributed by atoms with Crippen LogP contribution in [-0.4, -0.2) is 17.5 Å². The van der Waals surface area contributed by atoms with Crippen LogP contribution in [0.2, 0.25) is 0 Å². The van der Waals surface area contributed by atoms with Gasteiger partial charge in [-0.2, -0.15) is 0 Å². The lowest BCUT2D eigenvalue weighted by Gasteiger charge is -2.22. The van der Waals surface area contributed by atoms with Gasteiger partial charge < -0.3 is 21.9 Å². The van der Waals surface area contributed by atoms with Gasteiger partial charge in [0.1, 0.15) is 11.6 Å². The first-order chi connectivity index (χ1) is 8.69. The maximum atomic E-state index is 11.8. The number of guanidine groups is 1. The molecule has 0 heterocycles. The van der Waals surface area contributed by atoms with E-state index in [2.05, 4.69) is 4.99 Å². The molecular formula is C13H20N4O2. The fourth-order valence-electron chi connectivity index (χ4n) is 1.41. The van der Waals surface area contributed by atoms with E-state index in [-0.39, 0.29) is 5.96 Å². The number of hydrogen-bond acceptors (Lipinski definition) is 4. The first-order valence-corrected chi connectivity index (χ1v) is 5.87. The van der Waals surface area contributed by atoms with E-state index in [0.29, 0.717) is 11.3 Å². The van der Waals surface area contributed by atoms with Crippen molar-refractivity contribution in [1.82, 2.24) is 0 Å². The van der Waals surface area contributed by atoms with E-state index >= 15 is 0 Å². The molecule has 0 spiro atoms. The van der Waals surface area contributed by atoms with Gasteiger partial charge in [-0.15, -0.1) is 0 Å². The zero-order chi connectivity index (χ0) is 14.6. The van der Waals surface area contributed by atoms with Crippen LogP contribution in [0.4, 0.5) is 5.69 Å². The highest BCUT2D eigenvalue weighted by Crippen LogP contribution is 2.19. The lowest BCUT2D eigenvalue weighted by Crippen LogP contribution is -2.31. The Balaban J connectivity index is 2.81. The second-order valence-electron chi connectivity index (χ2n) is 5.14. The van der Waals surface area contributed by atoms with Gasteiger partial charge >= 0.3 is 5.97 Å². The van der Waals surface area contributed by atoms with Crippen LogP contribution in [0.1, 0.15) is 32.4 Å². The number of aliphatic imine (C=N–C) groups is 1. The van der Waals surface area contributed by atoms with Crippen molar-refractivity contribution in [2.75, 3.05) is 0 Å². The van der Waals surface area contributed by atoms with Crippen LogP contribution in [0.15, 0.2) is 29.3 Å². The maximum absolute atomic E-state index is 11.8. The molecule has 0 saturated heterocycles. The summed E-state index contributed by atoms with van der Waals surface area (Å²) in [4.78, 5) is 15.7. The fraction of sp³-hybridized carbons (Fsp3) is 0.385. The van der Waals surface area contributed by atoms with Gasteiger partial charge in [-0.1, -0.05) is 12.1 Å². The molecule has 0 aliphatic carbocycles. The van der Waals surface area contributed by atoms with Gasteiger partial charge in [0.25, 0.3) is 0 Å². The third-order valence-electron chi connectivity index (χ3n) is 2.17. The molecule has 1 rings (SSSR count). The van der Waals surface area contributed by atoms with Crippen LogP contribution in [-0.2, 0) is 9.53 Å². The predicted molar refractivity (Wildman–Crippen MR) is 74.7 cm³/mol. The summed E-state index contributed by atoms with van der Waals surface area (Å²) in [5.41, 5.74) is 17.1. The van der Waals surface area contributed by atoms with E-state index in [1.165, 1.54) is 0 Å². The van der Waals surface area contributed by atoms with E-state index < -0.39 is 17.6 Å². The summed E-state index contributed by atoms with van der Waals surface area (Å²) in [6, 6.07) is 5.91. The number of nitrogens with two attached hydrogens (primary N) is 3. The summed E-state index contributed by atoms with van der Waals surface area (Å²) in [7, 11) is 0. The molecule has 0 radical (unpaired) electrons. The van der Waals surface area contributed by atoms with Crippen molar-refractivity contribution in [3.8, 4) is 0 Å². The van der Waals surface area contributed by atoms with Gasteiger partial charge in [0.2, 0.25) is 0 Å². The Morgan fingerprint density at radius 3 is 2.16 bits per heavy atom. The lowest BCUT2D eigenvalue weighted by molar-refractivity contribution is -0.156. The van der Waals surface area contributed by atoms with Crippen LogP contribution in [0.25, 0.3) is 0 Å². The van der Waals surface area contributed by atoms with Crippen molar-refractivity contribution in [1.29, 1.82) is 0 Å². The second kappa shape index (κ2) is 5.71. The van der Waals surface area contributed by atoms with E-state index in [1.54, 1.807) is 45.0 Å². The standard InChI is InChI=1S/C13H20N4O2/c1-13(2,3)19-11(18)10(14)8-4-6-9(7-5-8)17-12(15)16/h4-7,10H,14H2,1-3H3,(H4,15,16,17). The van der Waals surface area contributed by atoms with Gasteiger partial charge in [-0.3, -0.25) is 0 Å². The molecule has 104 valence electrons. The molecule has 19 heavy (non-hydrogen) atoms. The summed E-state index contributed by atoms with van der Waals surface area (Å²) in [5.74, 6) is -0.494. The molecule has 1 aromatic carbocycles. The zero-order valence-electron chi connectivity index (χ0n) is 11.4. The molecule has 0 aromatic heterocycles. The molecule has 1 aromatic rings. The Bertz CT molecular complexity index is 470. The quantitative estimate of drug-likeness (QED) is 0.426. The van der Waals surface area contributed by atoms with Crippen molar-refractivity contribution in [3.05, 3.63) is 29.8 Å². The zero-order valence-corrected chi connectivity index (χ0v) is 11.4. The van der Waals surface area contributed by atoms with Crippen molar-refractivity contribution in [2.45, 2.75) is 32.4 Å². The van der Waals surface area contributed by atoms with E-state index in [0.717, 1.165) is 0 Å². The number of hydrogen-bond donors (Lipinski definition) is 3. The fourth-order valence-corrected chi connectivity index (χ4v) is 1.41. The number of benzene rings is 1. The first-order valence-electron chi connectivity index (χ1n) is 5.87. The number of nitrogens with zero attached hydrogens (tertiary/aromatic N) is 1. The minimum absolute atomic E-state index is 0.0239. The molecular weight excluding hydrogens is 244 g/mol. The normalized spacial score (nSPS) is 12.6. The highest BCUT2D eigenvalue weighted by molar-refractivity contribution is 5.80. The minimum atomic E-state index is -0.826. The summed E-state index contributed by atoms with van der Waals surface area (Å²) >= 11 is 0. The number of esters is 1. The highest BCUT2D eigenvalue weighted by Gasteiger charge is 2.23. The second-order valence-corrected chi connectivity index (χ2v) is 5.14. The van der Waals surface area contributed by atoms with Crippen LogP contribution < -0.4 is 17.2 Å². The Morgan fingerprint density at radius 1 is 1.21 bits per heavy atom. The Kier molecular flexibility index (Phi) is 4.50. The highest BCUT2D eigenvalue weighted by atomic mass is 16.6. The topological polar surface area (TPSA) is 117 Å². The molecule has 0 amide bonds. The largest absolute Gasteiger partial charge is 0.459 e. The maximum Gasteiger partial charge on any atom is 0.328 e. The van der Waals surface area contributed by atoms with Crippen molar-refractivity contribution >= 4 is 17.6 Å². The molecule has 1 unspecified atom stereocenters. The summed E-state index contributed by atoms with van der Waals surface area (Å²) in [5, 5.41) is 0. The molecule has 6 heteroatoms.